The van der Waals surface area contributed by atoms with Gasteiger partial charge in [0.25, 0.3) is 0 Å². The first kappa shape index (κ1) is 30.7. The summed E-state index contributed by atoms with van der Waals surface area (Å²) in [5.41, 5.74) is 12.8. The van der Waals surface area contributed by atoms with Crippen molar-refractivity contribution in [3.63, 3.8) is 0 Å². The van der Waals surface area contributed by atoms with Gasteiger partial charge in [-0.2, -0.15) is 0 Å². The molecule has 1 aliphatic carbocycles. The van der Waals surface area contributed by atoms with Gasteiger partial charge in [-0.05, 0) is 72.2 Å². The second-order valence-electron chi connectivity index (χ2n) is 15.6. The summed E-state index contributed by atoms with van der Waals surface area (Å²) in [4.78, 5) is 0. The molecule has 0 saturated heterocycles. The second-order valence-corrected chi connectivity index (χ2v) is 15.6. The van der Waals surface area contributed by atoms with E-state index in [0.717, 1.165) is 90.3 Å². The molecule has 0 fully saturated rings. The molecule has 1 unspecified atom stereocenters. The molecular weight excluding hydrogens is 675 g/mol. The topological polar surface area (TPSA) is 36.5 Å². The van der Waals surface area contributed by atoms with E-state index in [9.17, 15) is 0 Å². The van der Waals surface area contributed by atoms with Crippen molar-refractivity contribution in [1.82, 2.24) is 4.57 Å². The normalized spacial score (nSPS) is 16.4. The van der Waals surface area contributed by atoms with Crippen LogP contribution in [0.2, 0.25) is 0 Å². The molecule has 0 N–H and O–H groups in total. The summed E-state index contributed by atoms with van der Waals surface area (Å²) in [6.07, 6.45) is 7.40. The number of hydrogen-bond donors (Lipinski definition) is 0. The predicted octanol–water partition coefficient (Wildman–Crippen LogP) is 13.8. The lowest BCUT2D eigenvalue weighted by Gasteiger charge is -2.35. The van der Waals surface area contributed by atoms with E-state index in [2.05, 4.69) is 170 Å². The summed E-state index contributed by atoms with van der Waals surface area (Å²) >= 11 is 0. The standard InChI is InChI=1S/C51H35NO3/c1-51(2)40-20-6-10-24-45(40)53-46-26-25-42-47(48(46)51)39-15-3-7-21-41(39)52(42)32-28-30(33-16-11-18-37-35-13-4-8-22-43(35)54-49(33)37)27-31(29-32)34-17-12-19-38-36-14-5-9-23-44(36)55-50(34)38/h3-13,15-29,36H,14H2,1-2H3. The summed E-state index contributed by atoms with van der Waals surface area (Å²) in [7, 11) is 0. The number of para-hydroxylation sites is 5. The van der Waals surface area contributed by atoms with Crippen molar-refractivity contribution in [3.8, 4) is 45.2 Å². The number of furan rings is 1. The van der Waals surface area contributed by atoms with E-state index in [-0.39, 0.29) is 11.3 Å². The Morgan fingerprint density at radius 3 is 2.33 bits per heavy atom. The number of fused-ring (bicyclic) bond motifs is 12. The molecule has 0 amide bonds. The average Bonchev–Trinajstić information content (AvgIpc) is 3.90. The minimum atomic E-state index is -0.287. The largest absolute Gasteiger partial charge is 0.460 e. The Kier molecular flexibility index (Phi) is 6.20. The maximum atomic E-state index is 6.71. The zero-order chi connectivity index (χ0) is 36.4. The third kappa shape index (κ3) is 4.28. The highest BCUT2D eigenvalue weighted by Crippen LogP contribution is 2.53. The Bertz CT molecular complexity index is 3170. The highest BCUT2D eigenvalue weighted by Gasteiger charge is 2.37. The van der Waals surface area contributed by atoms with Crippen LogP contribution >= 0.6 is 0 Å². The summed E-state index contributed by atoms with van der Waals surface area (Å²) in [5.74, 6) is 4.04. The molecule has 55 heavy (non-hydrogen) atoms. The summed E-state index contributed by atoms with van der Waals surface area (Å²) in [6, 6.07) is 50.0. The van der Waals surface area contributed by atoms with Crippen LogP contribution in [0.4, 0.5) is 0 Å². The van der Waals surface area contributed by atoms with E-state index < -0.39 is 0 Å². The van der Waals surface area contributed by atoms with Crippen molar-refractivity contribution < 1.29 is 13.9 Å². The number of rotatable bonds is 3. The van der Waals surface area contributed by atoms with Crippen molar-refractivity contribution in [1.29, 1.82) is 0 Å². The quantitative estimate of drug-likeness (QED) is 0.183. The molecule has 0 spiro atoms. The lowest BCUT2D eigenvalue weighted by atomic mass is 9.74. The number of allylic oxidation sites excluding steroid dienone is 4. The highest BCUT2D eigenvalue weighted by molar-refractivity contribution is 6.13. The SMILES string of the molecule is CC1(C)c2ccccc2Oc2ccc3c(c21)c1ccccc1n3-c1cc(-c2cccc3c2OC2=CC=CCC23)cc(-c2cccc3c2oc2ccccc23)c1. The summed E-state index contributed by atoms with van der Waals surface area (Å²) in [5, 5.41) is 4.64. The summed E-state index contributed by atoms with van der Waals surface area (Å²) < 4.78 is 22.4. The third-order valence-electron chi connectivity index (χ3n) is 12.2. The highest BCUT2D eigenvalue weighted by atomic mass is 16.5. The van der Waals surface area contributed by atoms with Crippen LogP contribution in [0.25, 0.3) is 71.7 Å². The van der Waals surface area contributed by atoms with Gasteiger partial charge in [0, 0.05) is 66.4 Å². The van der Waals surface area contributed by atoms with E-state index in [1.165, 1.54) is 27.5 Å². The van der Waals surface area contributed by atoms with Gasteiger partial charge < -0.3 is 18.5 Å². The van der Waals surface area contributed by atoms with Crippen molar-refractivity contribution >= 4 is 43.7 Å². The van der Waals surface area contributed by atoms with Gasteiger partial charge in [0.2, 0.25) is 0 Å². The van der Waals surface area contributed by atoms with Crippen LogP contribution in [-0.4, -0.2) is 4.57 Å². The molecule has 262 valence electrons. The van der Waals surface area contributed by atoms with E-state index in [1.54, 1.807) is 0 Å². The molecule has 12 rings (SSSR count). The first-order valence-corrected chi connectivity index (χ1v) is 19.1. The fourth-order valence-electron chi connectivity index (χ4n) is 9.66. The molecule has 9 aromatic rings. The average molecular weight is 710 g/mol. The van der Waals surface area contributed by atoms with E-state index >= 15 is 0 Å². The molecule has 4 heterocycles. The van der Waals surface area contributed by atoms with Crippen LogP contribution in [0.3, 0.4) is 0 Å². The zero-order valence-corrected chi connectivity index (χ0v) is 30.5. The Balaban J connectivity index is 1.16. The molecular formula is C51H35NO3. The zero-order valence-electron chi connectivity index (χ0n) is 30.5. The van der Waals surface area contributed by atoms with Crippen LogP contribution in [0.15, 0.2) is 168 Å². The van der Waals surface area contributed by atoms with Crippen molar-refractivity contribution in [2.75, 3.05) is 0 Å². The first-order valence-electron chi connectivity index (χ1n) is 19.1. The van der Waals surface area contributed by atoms with Gasteiger partial charge in [-0.15, -0.1) is 0 Å². The van der Waals surface area contributed by atoms with Crippen LogP contribution in [0, 0.1) is 0 Å². The van der Waals surface area contributed by atoms with Crippen LogP contribution < -0.4 is 9.47 Å². The van der Waals surface area contributed by atoms with Gasteiger partial charge in [-0.25, -0.2) is 0 Å². The van der Waals surface area contributed by atoms with Gasteiger partial charge in [0.15, 0.2) is 0 Å². The molecule has 0 saturated carbocycles. The van der Waals surface area contributed by atoms with Gasteiger partial charge in [-0.1, -0.05) is 117 Å². The van der Waals surface area contributed by atoms with Crippen molar-refractivity contribution in [2.24, 2.45) is 0 Å². The predicted molar refractivity (Wildman–Crippen MR) is 223 cm³/mol. The van der Waals surface area contributed by atoms with Gasteiger partial charge in [0.05, 0.1) is 11.0 Å². The molecule has 7 aromatic carbocycles. The number of aromatic nitrogens is 1. The molecule has 3 aliphatic rings. The molecule has 0 radical (unpaired) electrons. The van der Waals surface area contributed by atoms with Gasteiger partial charge >= 0.3 is 0 Å². The smallest absolute Gasteiger partial charge is 0.143 e. The number of nitrogens with zero attached hydrogens (tertiary/aromatic N) is 1. The molecule has 1 atom stereocenters. The lowest BCUT2D eigenvalue weighted by Crippen LogP contribution is -2.24. The molecule has 2 aromatic heterocycles. The van der Waals surface area contributed by atoms with Crippen LogP contribution in [-0.2, 0) is 5.41 Å². The maximum absolute atomic E-state index is 6.71. The van der Waals surface area contributed by atoms with E-state index in [1.807, 2.05) is 6.07 Å². The number of benzene rings is 7. The van der Waals surface area contributed by atoms with Crippen LogP contribution in [0.5, 0.6) is 17.2 Å². The Morgan fingerprint density at radius 1 is 0.636 bits per heavy atom. The van der Waals surface area contributed by atoms with Crippen molar-refractivity contribution in [2.45, 2.75) is 31.6 Å². The first-order chi connectivity index (χ1) is 27.0. The lowest BCUT2D eigenvalue weighted by molar-refractivity contribution is 0.420. The number of hydrogen-bond acceptors (Lipinski definition) is 3. The Labute approximate surface area is 318 Å². The fraction of sp³-hybridized carbons (Fsp3) is 0.0980. The molecule has 2 aliphatic heterocycles. The minimum absolute atomic E-state index is 0.242. The van der Waals surface area contributed by atoms with Crippen LogP contribution in [0.1, 0.15) is 42.9 Å². The van der Waals surface area contributed by atoms with E-state index in [4.69, 9.17) is 13.9 Å². The molecule has 0 bridgehead atoms. The number of ether oxygens (including phenoxy) is 2. The van der Waals surface area contributed by atoms with Gasteiger partial charge in [-0.3, -0.25) is 0 Å². The maximum Gasteiger partial charge on any atom is 0.143 e. The third-order valence-corrected chi connectivity index (χ3v) is 12.2. The minimum Gasteiger partial charge on any atom is -0.460 e. The summed E-state index contributed by atoms with van der Waals surface area (Å²) in [6.45, 7) is 4.65. The second kappa shape index (κ2) is 11.1. The monoisotopic (exact) mass is 709 g/mol. The molecule has 4 nitrogen and oxygen atoms in total. The molecule has 4 heteroatoms. The van der Waals surface area contributed by atoms with Crippen molar-refractivity contribution in [3.05, 3.63) is 180 Å². The van der Waals surface area contributed by atoms with Gasteiger partial charge in [0.1, 0.15) is 34.2 Å². The Hall–Kier alpha value is -6.78. The van der Waals surface area contributed by atoms with E-state index in [0.29, 0.717) is 0 Å². The Morgan fingerprint density at radius 2 is 1.40 bits per heavy atom. The fourth-order valence-corrected chi connectivity index (χ4v) is 9.66.